The molecule has 1 unspecified atom stereocenters. The summed E-state index contributed by atoms with van der Waals surface area (Å²) in [5.41, 5.74) is 3.64. The van der Waals surface area contributed by atoms with Crippen molar-refractivity contribution in [3.05, 3.63) is 101 Å². The summed E-state index contributed by atoms with van der Waals surface area (Å²) in [6.07, 6.45) is 2.80. The van der Waals surface area contributed by atoms with Gasteiger partial charge in [-0.2, -0.15) is 0 Å². The molecule has 1 aliphatic heterocycles. The summed E-state index contributed by atoms with van der Waals surface area (Å²) in [6, 6.07) is 24.8. The number of amides is 2. The van der Waals surface area contributed by atoms with E-state index in [1.165, 1.54) is 10.5 Å². The molecule has 3 aromatic carbocycles. The minimum atomic E-state index is -0.648. The Bertz CT molecular complexity index is 1030. The number of hydrogen-bond donors (Lipinski definition) is 1. The summed E-state index contributed by atoms with van der Waals surface area (Å²) in [4.78, 5) is 29.1. The molecule has 4 nitrogen and oxygen atoms in total. The monoisotopic (exact) mass is 416 g/mol. The van der Waals surface area contributed by atoms with Gasteiger partial charge in [0.05, 0.1) is 0 Å². The van der Waals surface area contributed by atoms with Crippen LogP contribution in [0.25, 0.3) is 0 Å². The zero-order valence-electron chi connectivity index (χ0n) is 16.9. The van der Waals surface area contributed by atoms with Crippen molar-refractivity contribution < 1.29 is 9.59 Å². The Labute approximate surface area is 181 Å². The van der Waals surface area contributed by atoms with Gasteiger partial charge in [0.25, 0.3) is 5.91 Å². The Balaban J connectivity index is 1.49. The number of benzene rings is 3. The predicted octanol–water partition coefficient (Wildman–Crippen LogP) is 4.46. The van der Waals surface area contributed by atoms with Gasteiger partial charge >= 0.3 is 0 Å². The lowest BCUT2D eigenvalue weighted by Gasteiger charge is -2.27. The van der Waals surface area contributed by atoms with Crippen molar-refractivity contribution in [3.63, 3.8) is 0 Å². The third-order valence-electron chi connectivity index (χ3n) is 5.40. The highest BCUT2D eigenvalue weighted by Gasteiger charge is 2.36. The minimum absolute atomic E-state index is 0.0951. The quantitative estimate of drug-likeness (QED) is 0.579. The highest BCUT2D eigenvalue weighted by molar-refractivity contribution is 7.98. The lowest BCUT2D eigenvalue weighted by molar-refractivity contribution is -0.125. The van der Waals surface area contributed by atoms with Crippen molar-refractivity contribution in [3.8, 4) is 0 Å². The number of carbonyl (C=O) groups excluding carboxylic acids is 2. The number of nitrogens with one attached hydrogen (secondary N) is 1. The largest absolute Gasteiger partial charge is 0.354 e. The highest BCUT2D eigenvalue weighted by atomic mass is 32.2. The molecule has 0 bridgehead atoms. The van der Waals surface area contributed by atoms with Crippen LogP contribution in [0.1, 0.15) is 33.1 Å². The van der Waals surface area contributed by atoms with Crippen LogP contribution < -0.4 is 5.32 Å². The van der Waals surface area contributed by atoms with Crippen LogP contribution in [0.5, 0.6) is 0 Å². The Morgan fingerprint density at radius 1 is 1.00 bits per heavy atom. The van der Waals surface area contributed by atoms with E-state index in [1.54, 1.807) is 16.7 Å². The number of rotatable bonds is 7. The van der Waals surface area contributed by atoms with Gasteiger partial charge in [-0.05, 0) is 47.6 Å². The predicted molar refractivity (Wildman–Crippen MR) is 120 cm³/mol. The molecule has 30 heavy (non-hydrogen) atoms. The maximum atomic E-state index is 13.2. The van der Waals surface area contributed by atoms with E-state index >= 15 is 0 Å². The molecule has 2 amide bonds. The molecule has 3 aromatic rings. The van der Waals surface area contributed by atoms with E-state index in [0.29, 0.717) is 18.7 Å². The fraction of sp³-hybridized carbons (Fsp3) is 0.200. The average molecular weight is 417 g/mol. The summed E-state index contributed by atoms with van der Waals surface area (Å²) >= 11 is 1.71. The summed E-state index contributed by atoms with van der Waals surface area (Å²) in [5, 5.41) is 3.04. The van der Waals surface area contributed by atoms with Crippen LogP contribution in [0.4, 0.5) is 0 Å². The SMILES string of the molecule is CSc1ccc(CCNC(=O)C(c2ccccc2)N2Cc3ccccc3C2=O)cc1. The smallest absolute Gasteiger partial charge is 0.255 e. The third-order valence-corrected chi connectivity index (χ3v) is 6.14. The van der Waals surface area contributed by atoms with Crippen molar-refractivity contribution >= 4 is 23.6 Å². The zero-order chi connectivity index (χ0) is 20.9. The zero-order valence-corrected chi connectivity index (χ0v) is 17.7. The molecule has 5 heteroatoms. The van der Waals surface area contributed by atoms with Gasteiger partial charge in [0.2, 0.25) is 5.91 Å². The Kier molecular flexibility index (Phi) is 6.19. The Morgan fingerprint density at radius 2 is 1.70 bits per heavy atom. The molecule has 1 atom stereocenters. The fourth-order valence-corrected chi connectivity index (χ4v) is 4.22. The molecular formula is C25H24N2O2S. The molecule has 1 aliphatic rings. The highest BCUT2D eigenvalue weighted by Crippen LogP contribution is 2.31. The second kappa shape index (κ2) is 9.18. The Morgan fingerprint density at radius 3 is 2.40 bits per heavy atom. The van der Waals surface area contributed by atoms with Gasteiger partial charge < -0.3 is 10.2 Å². The van der Waals surface area contributed by atoms with Crippen molar-refractivity contribution in [1.29, 1.82) is 0 Å². The normalized spacial score (nSPS) is 13.8. The molecule has 0 radical (unpaired) electrons. The van der Waals surface area contributed by atoms with E-state index in [9.17, 15) is 9.59 Å². The van der Waals surface area contributed by atoms with Crippen LogP contribution in [0.15, 0.2) is 83.8 Å². The minimum Gasteiger partial charge on any atom is -0.354 e. The lowest BCUT2D eigenvalue weighted by atomic mass is 10.0. The van der Waals surface area contributed by atoms with Gasteiger partial charge in [-0.15, -0.1) is 11.8 Å². The standard InChI is InChI=1S/C25H24N2O2S/c1-30-21-13-11-18(12-14-21)15-16-26-24(28)23(19-7-3-2-4-8-19)27-17-20-9-5-6-10-22(20)25(27)29/h2-14,23H,15-17H2,1H3,(H,26,28). The molecule has 0 saturated heterocycles. The van der Waals surface area contributed by atoms with E-state index in [1.807, 2.05) is 54.6 Å². The van der Waals surface area contributed by atoms with Gasteiger partial charge in [-0.25, -0.2) is 0 Å². The molecule has 0 spiro atoms. The number of hydrogen-bond acceptors (Lipinski definition) is 3. The van der Waals surface area contributed by atoms with Crippen molar-refractivity contribution in [2.24, 2.45) is 0 Å². The molecule has 4 rings (SSSR count). The molecule has 1 N–H and O–H groups in total. The first-order chi connectivity index (χ1) is 14.7. The van der Waals surface area contributed by atoms with E-state index in [-0.39, 0.29) is 11.8 Å². The third kappa shape index (κ3) is 4.26. The molecule has 0 aliphatic carbocycles. The number of fused-ring (bicyclic) bond motifs is 1. The molecule has 1 heterocycles. The number of nitrogens with zero attached hydrogens (tertiary/aromatic N) is 1. The van der Waals surface area contributed by atoms with E-state index in [0.717, 1.165) is 17.5 Å². The molecule has 0 saturated carbocycles. The maximum absolute atomic E-state index is 13.2. The summed E-state index contributed by atoms with van der Waals surface area (Å²) in [7, 11) is 0. The van der Waals surface area contributed by atoms with Crippen LogP contribution in [0, 0.1) is 0 Å². The Hall–Kier alpha value is -3.05. The lowest BCUT2D eigenvalue weighted by Crippen LogP contribution is -2.41. The molecule has 0 fully saturated rings. The van der Waals surface area contributed by atoms with Crippen LogP contribution in [0.3, 0.4) is 0 Å². The van der Waals surface area contributed by atoms with Crippen LogP contribution in [-0.2, 0) is 17.8 Å². The molecule has 152 valence electrons. The first kappa shape index (κ1) is 20.2. The van der Waals surface area contributed by atoms with Gasteiger partial charge in [0.15, 0.2) is 0 Å². The van der Waals surface area contributed by atoms with E-state index in [4.69, 9.17) is 0 Å². The average Bonchev–Trinajstić information content (AvgIpc) is 3.11. The fourth-order valence-electron chi connectivity index (χ4n) is 3.81. The second-order valence-electron chi connectivity index (χ2n) is 7.29. The molecule has 0 aromatic heterocycles. The first-order valence-electron chi connectivity index (χ1n) is 10.0. The van der Waals surface area contributed by atoms with Crippen molar-refractivity contribution in [1.82, 2.24) is 10.2 Å². The summed E-state index contributed by atoms with van der Waals surface area (Å²) in [6.45, 7) is 0.966. The van der Waals surface area contributed by atoms with Gasteiger partial charge in [0.1, 0.15) is 6.04 Å². The summed E-state index contributed by atoms with van der Waals surface area (Å²) in [5.74, 6) is -0.245. The van der Waals surface area contributed by atoms with Crippen molar-refractivity contribution in [2.75, 3.05) is 12.8 Å². The van der Waals surface area contributed by atoms with E-state index < -0.39 is 6.04 Å². The van der Waals surface area contributed by atoms with Gasteiger partial charge in [0, 0.05) is 23.5 Å². The van der Waals surface area contributed by atoms with Crippen LogP contribution in [0.2, 0.25) is 0 Å². The van der Waals surface area contributed by atoms with Crippen LogP contribution >= 0.6 is 11.8 Å². The van der Waals surface area contributed by atoms with Gasteiger partial charge in [-0.3, -0.25) is 9.59 Å². The topological polar surface area (TPSA) is 49.4 Å². The first-order valence-corrected chi connectivity index (χ1v) is 11.2. The van der Waals surface area contributed by atoms with Gasteiger partial charge in [-0.1, -0.05) is 60.7 Å². The van der Waals surface area contributed by atoms with Crippen molar-refractivity contribution in [2.45, 2.75) is 23.9 Å². The second-order valence-corrected chi connectivity index (χ2v) is 8.17. The summed E-state index contributed by atoms with van der Waals surface area (Å²) < 4.78 is 0. The molecular weight excluding hydrogens is 392 g/mol. The maximum Gasteiger partial charge on any atom is 0.255 e. The van der Waals surface area contributed by atoms with E-state index in [2.05, 4.69) is 35.8 Å². The number of carbonyl (C=O) groups is 2. The van der Waals surface area contributed by atoms with Crippen LogP contribution in [-0.4, -0.2) is 29.5 Å². The number of thioether (sulfide) groups is 1.